The van der Waals surface area contributed by atoms with E-state index in [1.807, 2.05) is 0 Å². The van der Waals surface area contributed by atoms with Gasteiger partial charge in [-0.1, -0.05) is 0 Å². The van der Waals surface area contributed by atoms with E-state index in [1.165, 1.54) is 25.3 Å². The van der Waals surface area contributed by atoms with Crippen molar-refractivity contribution in [3.63, 3.8) is 0 Å². The van der Waals surface area contributed by atoms with Gasteiger partial charge in [0.15, 0.2) is 0 Å². The second-order valence-electron chi connectivity index (χ2n) is 4.04. The van der Waals surface area contributed by atoms with Gasteiger partial charge in [0.25, 0.3) is 5.91 Å². The fourth-order valence-corrected chi connectivity index (χ4v) is 1.97. The number of nitrogens with one attached hydrogen (secondary N) is 1. The summed E-state index contributed by atoms with van der Waals surface area (Å²) in [5.41, 5.74) is 6.60. The number of nitrogens with two attached hydrogens (primary N) is 1. The molecule has 104 valence electrons. The summed E-state index contributed by atoms with van der Waals surface area (Å²) in [6.45, 7) is 0. The van der Waals surface area contributed by atoms with Crippen molar-refractivity contribution >= 4 is 33.2 Å². The summed E-state index contributed by atoms with van der Waals surface area (Å²) >= 11 is 3.24. The molecule has 1 amide bonds. The standard InChI is InChI=1S/C14H12BrFN2O2/c1-20-9-3-4-11(16)13(7-9)18-14(19)8-2-5-12(17)10(15)6-8/h2-7H,17H2,1H3,(H,18,19). The lowest BCUT2D eigenvalue weighted by molar-refractivity contribution is 0.102. The lowest BCUT2D eigenvalue weighted by Crippen LogP contribution is -2.13. The first-order valence-electron chi connectivity index (χ1n) is 5.71. The molecule has 2 rings (SSSR count). The molecule has 0 heterocycles. The van der Waals surface area contributed by atoms with Crippen LogP contribution in [0.5, 0.6) is 5.75 Å². The number of amides is 1. The van der Waals surface area contributed by atoms with Crippen molar-refractivity contribution in [1.29, 1.82) is 0 Å². The maximum atomic E-state index is 13.6. The van der Waals surface area contributed by atoms with Crippen LogP contribution in [0.25, 0.3) is 0 Å². The number of hydrogen-bond acceptors (Lipinski definition) is 3. The molecular formula is C14H12BrFN2O2. The number of carbonyl (C=O) groups is 1. The Morgan fingerprint density at radius 2 is 2.05 bits per heavy atom. The highest BCUT2D eigenvalue weighted by atomic mass is 79.9. The molecule has 0 aliphatic rings. The molecular weight excluding hydrogens is 327 g/mol. The Morgan fingerprint density at radius 1 is 1.30 bits per heavy atom. The zero-order valence-electron chi connectivity index (χ0n) is 10.6. The van der Waals surface area contributed by atoms with Crippen molar-refractivity contribution in [2.75, 3.05) is 18.2 Å². The van der Waals surface area contributed by atoms with Gasteiger partial charge in [-0.3, -0.25) is 4.79 Å². The fourth-order valence-electron chi connectivity index (χ4n) is 1.59. The number of ether oxygens (including phenoxy) is 1. The molecule has 0 fully saturated rings. The van der Waals surface area contributed by atoms with Gasteiger partial charge in [0.05, 0.1) is 12.8 Å². The highest BCUT2D eigenvalue weighted by Crippen LogP contribution is 2.24. The van der Waals surface area contributed by atoms with Crippen LogP contribution in [0, 0.1) is 5.82 Å². The summed E-state index contributed by atoms with van der Waals surface area (Å²) in [5, 5.41) is 2.49. The van der Waals surface area contributed by atoms with Gasteiger partial charge in [-0.25, -0.2) is 4.39 Å². The topological polar surface area (TPSA) is 64.3 Å². The second kappa shape index (κ2) is 5.92. The zero-order valence-corrected chi connectivity index (χ0v) is 12.2. The predicted octanol–water partition coefficient (Wildman–Crippen LogP) is 3.43. The molecule has 4 nitrogen and oxygen atoms in total. The first-order valence-corrected chi connectivity index (χ1v) is 6.50. The maximum Gasteiger partial charge on any atom is 0.255 e. The van der Waals surface area contributed by atoms with Gasteiger partial charge in [0, 0.05) is 21.8 Å². The molecule has 0 radical (unpaired) electrons. The van der Waals surface area contributed by atoms with Crippen LogP contribution < -0.4 is 15.8 Å². The number of anilines is 2. The number of halogens is 2. The smallest absolute Gasteiger partial charge is 0.255 e. The molecule has 0 bridgehead atoms. The summed E-state index contributed by atoms with van der Waals surface area (Å²) in [4.78, 5) is 12.0. The van der Waals surface area contributed by atoms with Crippen LogP contribution in [0.2, 0.25) is 0 Å². The molecule has 0 saturated heterocycles. The summed E-state index contributed by atoms with van der Waals surface area (Å²) < 4.78 is 19.2. The predicted molar refractivity (Wildman–Crippen MR) is 79.5 cm³/mol. The SMILES string of the molecule is COc1ccc(F)c(NC(=O)c2ccc(N)c(Br)c2)c1. The summed E-state index contributed by atoms with van der Waals surface area (Å²) in [5.74, 6) is -0.508. The third-order valence-electron chi connectivity index (χ3n) is 2.68. The number of hydrogen-bond donors (Lipinski definition) is 2. The Kier molecular flexibility index (Phi) is 4.24. The molecule has 20 heavy (non-hydrogen) atoms. The van der Waals surface area contributed by atoms with Crippen LogP contribution in [-0.4, -0.2) is 13.0 Å². The minimum Gasteiger partial charge on any atom is -0.497 e. The van der Waals surface area contributed by atoms with Gasteiger partial charge < -0.3 is 15.8 Å². The minimum absolute atomic E-state index is 0.0577. The number of nitrogen functional groups attached to an aromatic ring is 1. The van der Waals surface area contributed by atoms with Crippen molar-refractivity contribution in [2.24, 2.45) is 0 Å². The molecule has 0 unspecified atom stereocenters. The lowest BCUT2D eigenvalue weighted by Gasteiger charge is -2.09. The van der Waals surface area contributed by atoms with Crippen LogP contribution in [0.3, 0.4) is 0 Å². The average molecular weight is 339 g/mol. The molecule has 0 spiro atoms. The van der Waals surface area contributed by atoms with E-state index in [0.29, 0.717) is 21.5 Å². The molecule has 6 heteroatoms. The van der Waals surface area contributed by atoms with Crippen molar-refractivity contribution < 1.29 is 13.9 Å². The third kappa shape index (κ3) is 3.08. The van der Waals surface area contributed by atoms with Gasteiger partial charge in [-0.15, -0.1) is 0 Å². The Morgan fingerprint density at radius 3 is 2.70 bits per heavy atom. The van der Waals surface area contributed by atoms with Crippen LogP contribution in [0.4, 0.5) is 15.8 Å². The maximum absolute atomic E-state index is 13.6. The van der Waals surface area contributed by atoms with E-state index in [1.54, 1.807) is 18.2 Å². The van der Waals surface area contributed by atoms with E-state index in [0.717, 1.165) is 0 Å². The molecule has 0 aromatic heterocycles. The first-order chi connectivity index (χ1) is 9.51. The highest BCUT2D eigenvalue weighted by molar-refractivity contribution is 9.10. The Hall–Kier alpha value is -2.08. The molecule has 0 atom stereocenters. The van der Waals surface area contributed by atoms with Crippen molar-refractivity contribution in [1.82, 2.24) is 0 Å². The van der Waals surface area contributed by atoms with Crippen LogP contribution >= 0.6 is 15.9 Å². The van der Waals surface area contributed by atoms with Crippen molar-refractivity contribution in [3.05, 3.63) is 52.3 Å². The van der Waals surface area contributed by atoms with Gasteiger partial charge in [-0.05, 0) is 46.3 Å². The van der Waals surface area contributed by atoms with E-state index in [4.69, 9.17) is 10.5 Å². The summed E-state index contributed by atoms with van der Waals surface area (Å²) in [6.07, 6.45) is 0. The fraction of sp³-hybridized carbons (Fsp3) is 0.0714. The molecule has 2 aromatic carbocycles. The molecule has 3 N–H and O–H groups in total. The van der Waals surface area contributed by atoms with Crippen LogP contribution in [0.15, 0.2) is 40.9 Å². The zero-order chi connectivity index (χ0) is 14.7. The summed E-state index contributed by atoms with van der Waals surface area (Å²) in [7, 11) is 1.47. The van der Waals surface area contributed by atoms with E-state index in [9.17, 15) is 9.18 Å². The second-order valence-corrected chi connectivity index (χ2v) is 4.89. The lowest BCUT2D eigenvalue weighted by atomic mass is 10.2. The van der Waals surface area contributed by atoms with E-state index in [-0.39, 0.29) is 5.69 Å². The van der Waals surface area contributed by atoms with Gasteiger partial charge in [-0.2, -0.15) is 0 Å². The Bertz CT molecular complexity index is 662. The van der Waals surface area contributed by atoms with Gasteiger partial charge >= 0.3 is 0 Å². The van der Waals surface area contributed by atoms with Crippen LogP contribution in [-0.2, 0) is 0 Å². The number of rotatable bonds is 3. The quantitative estimate of drug-likeness (QED) is 0.842. The van der Waals surface area contributed by atoms with Crippen LogP contribution in [0.1, 0.15) is 10.4 Å². The van der Waals surface area contributed by atoms with E-state index < -0.39 is 11.7 Å². The number of benzene rings is 2. The minimum atomic E-state index is -0.534. The van der Waals surface area contributed by atoms with Crippen molar-refractivity contribution in [3.8, 4) is 5.75 Å². The van der Waals surface area contributed by atoms with E-state index in [2.05, 4.69) is 21.2 Å². The molecule has 0 aliphatic carbocycles. The molecule has 0 aliphatic heterocycles. The first kappa shape index (κ1) is 14.3. The van der Waals surface area contributed by atoms with Crippen molar-refractivity contribution in [2.45, 2.75) is 0 Å². The average Bonchev–Trinajstić information content (AvgIpc) is 2.44. The Labute approximate surface area is 123 Å². The normalized spacial score (nSPS) is 10.2. The number of carbonyl (C=O) groups excluding carboxylic acids is 1. The molecule has 0 saturated carbocycles. The monoisotopic (exact) mass is 338 g/mol. The van der Waals surface area contributed by atoms with E-state index >= 15 is 0 Å². The Balaban J connectivity index is 2.25. The van der Waals surface area contributed by atoms with Gasteiger partial charge in [0.1, 0.15) is 11.6 Å². The third-order valence-corrected chi connectivity index (χ3v) is 3.37. The highest BCUT2D eigenvalue weighted by Gasteiger charge is 2.11. The largest absolute Gasteiger partial charge is 0.497 e. The number of methoxy groups -OCH3 is 1. The molecule has 2 aromatic rings. The summed E-state index contributed by atoms with van der Waals surface area (Å²) in [6, 6.07) is 8.86. The van der Waals surface area contributed by atoms with Gasteiger partial charge in [0.2, 0.25) is 0 Å².